The molecule has 136 valence electrons. The van der Waals surface area contributed by atoms with E-state index in [-0.39, 0.29) is 17.6 Å². The minimum absolute atomic E-state index is 0.0119. The van der Waals surface area contributed by atoms with E-state index in [1.54, 1.807) is 11.0 Å². The van der Waals surface area contributed by atoms with Gasteiger partial charge in [-0.15, -0.1) is 0 Å². The number of carbonyl (C=O) groups is 1. The molecule has 25 heavy (non-hydrogen) atoms. The Hall–Kier alpha value is -1.40. The molecule has 6 heteroatoms. The van der Waals surface area contributed by atoms with Gasteiger partial charge in [0.15, 0.2) is 9.84 Å². The summed E-state index contributed by atoms with van der Waals surface area (Å²) < 4.78 is 30.3. The lowest BCUT2D eigenvalue weighted by atomic mass is 9.83. The second-order valence-corrected chi connectivity index (χ2v) is 10.3. The first-order valence-electron chi connectivity index (χ1n) is 9.07. The van der Waals surface area contributed by atoms with Crippen molar-refractivity contribution in [1.82, 2.24) is 4.90 Å². The van der Waals surface area contributed by atoms with Gasteiger partial charge in [0.05, 0.1) is 12.4 Å². The van der Waals surface area contributed by atoms with E-state index in [0.29, 0.717) is 37.6 Å². The number of hydrogen-bond acceptors (Lipinski definition) is 4. The van der Waals surface area contributed by atoms with E-state index < -0.39 is 14.6 Å². The molecule has 0 bridgehead atoms. The van der Waals surface area contributed by atoms with Gasteiger partial charge in [0.2, 0.25) is 0 Å². The van der Waals surface area contributed by atoms with Crippen LogP contribution < -0.4 is 0 Å². The van der Waals surface area contributed by atoms with Crippen LogP contribution in [0.4, 0.5) is 0 Å². The van der Waals surface area contributed by atoms with Crippen molar-refractivity contribution < 1.29 is 17.9 Å². The molecule has 0 unspecified atom stereocenters. The average Bonchev–Trinajstić information content (AvgIpc) is 3.30. The molecule has 1 saturated carbocycles. The first kappa shape index (κ1) is 17.0. The Morgan fingerprint density at radius 3 is 2.68 bits per heavy atom. The highest BCUT2D eigenvalue weighted by atomic mass is 32.2. The Morgan fingerprint density at radius 2 is 2.00 bits per heavy atom. The smallest absolute Gasteiger partial charge is 0.253 e. The summed E-state index contributed by atoms with van der Waals surface area (Å²) >= 11 is 0. The van der Waals surface area contributed by atoms with Gasteiger partial charge >= 0.3 is 0 Å². The van der Waals surface area contributed by atoms with Crippen LogP contribution in [0.2, 0.25) is 0 Å². The largest absolute Gasteiger partial charge is 0.381 e. The topological polar surface area (TPSA) is 63.7 Å². The lowest BCUT2D eigenvalue weighted by Crippen LogP contribution is -2.68. The predicted octanol–water partition coefficient (Wildman–Crippen LogP) is 2.05. The van der Waals surface area contributed by atoms with Gasteiger partial charge in [-0.2, -0.15) is 0 Å². The van der Waals surface area contributed by atoms with Gasteiger partial charge in [-0.25, -0.2) is 8.42 Å². The van der Waals surface area contributed by atoms with Crippen molar-refractivity contribution in [3.63, 3.8) is 0 Å². The standard InChI is InChI=1S/C19H25NO4S/c1-14-3-2-4-16(9-14)18(21)20-12-19(13-20)17(7-8-25(19,22)23)11-24-10-15-5-6-15/h2-4,9,15,17H,5-8,10-13H2,1H3/t17-/m0/s1. The second kappa shape index (κ2) is 6.09. The van der Waals surface area contributed by atoms with Gasteiger partial charge in [-0.3, -0.25) is 4.79 Å². The molecule has 1 spiro atoms. The molecule has 3 aliphatic rings. The van der Waals surface area contributed by atoms with Crippen molar-refractivity contribution in [3.8, 4) is 0 Å². The fourth-order valence-corrected chi connectivity index (χ4v) is 6.47. The lowest BCUT2D eigenvalue weighted by molar-refractivity contribution is 0.0228. The minimum Gasteiger partial charge on any atom is -0.381 e. The van der Waals surface area contributed by atoms with E-state index in [2.05, 4.69) is 0 Å². The van der Waals surface area contributed by atoms with Crippen LogP contribution in [0.25, 0.3) is 0 Å². The lowest BCUT2D eigenvalue weighted by Gasteiger charge is -2.49. The molecule has 1 aromatic carbocycles. The third-order valence-electron chi connectivity index (χ3n) is 5.94. The zero-order valence-corrected chi connectivity index (χ0v) is 15.4. The molecule has 5 nitrogen and oxygen atoms in total. The molecule has 0 aromatic heterocycles. The maximum absolute atomic E-state index is 12.7. The van der Waals surface area contributed by atoms with Crippen molar-refractivity contribution >= 4 is 15.7 Å². The molecule has 1 aromatic rings. The number of amides is 1. The first-order chi connectivity index (χ1) is 11.9. The summed E-state index contributed by atoms with van der Waals surface area (Å²) in [7, 11) is -3.16. The average molecular weight is 363 g/mol. The number of sulfone groups is 1. The molecular weight excluding hydrogens is 338 g/mol. The third kappa shape index (κ3) is 2.99. The molecule has 1 aliphatic carbocycles. The third-order valence-corrected chi connectivity index (χ3v) is 8.54. The fraction of sp³-hybridized carbons (Fsp3) is 0.632. The Morgan fingerprint density at radius 1 is 1.24 bits per heavy atom. The van der Waals surface area contributed by atoms with Gasteiger partial charge in [-0.1, -0.05) is 17.7 Å². The van der Waals surface area contributed by atoms with Crippen LogP contribution in [-0.4, -0.2) is 56.0 Å². The molecule has 3 fully saturated rings. The van der Waals surface area contributed by atoms with Crippen molar-refractivity contribution in [2.45, 2.75) is 30.9 Å². The molecule has 2 heterocycles. The Balaban J connectivity index is 1.44. The molecule has 1 atom stereocenters. The molecule has 2 saturated heterocycles. The van der Waals surface area contributed by atoms with Gasteiger partial charge in [0.25, 0.3) is 5.91 Å². The quantitative estimate of drug-likeness (QED) is 0.803. The maximum atomic E-state index is 12.7. The monoisotopic (exact) mass is 363 g/mol. The van der Waals surface area contributed by atoms with Crippen LogP contribution in [0, 0.1) is 18.8 Å². The van der Waals surface area contributed by atoms with E-state index in [9.17, 15) is 13.2 Å². The fourth-order valence-electron chi connectivity index (χ4n) is 4.07. The number of benzene rings is 1. The van der Waals surface area contributed by atoms with Crippen molar-refractivity contribution in [1.29, 1.82) is 0 Å². The van der Waals surface area contributed by atoms with Crippen molar-refractivity contribution in [2.24, 2.45) is 11.8 Å². The van der Waals surface area contributed by atoms with Gasteiger partial charge in [0.1, 0.15) is 4.75 Å². The van der Waals surface area contributed by atoms with Gasteiger partial charge in [0, 0.05) is 31.2 Å². The highest BCUT2D eigenvalue weighted by Crippen LogP contribution is 2.45. The molecule has 0 radical (unpaired) electrons. The summed E-state index contributed by atoms with van der Waals surface area (Å²) in [6.07, 6.45) is 3.11. The summed E-state index contributed by atoms with van der Waals surface area (Å²) in [5.74, 6) is 0.832. The normalized spacial score (nSPS) is 26.6. The van der Waals surface area contributed by atoms with Crippen LogP contribution in [0.3, 0.4) is 0 Å². The molecule has 4 rings (SSSR count). The number of hydrogen-bond donors (Lipinski definition) is 0. The Kier molecular flexibility index (Phi) is 4.15. The van der Waals surface area contributed by atoms with Crippen LogP contribution >= 0.6 is 0 Å². The van der Waals surface area contributed by atoms with E-state index in [1.807, 2.05) is 25.1 Å². The van der Waals surface area contributed by atoms with E-state index >= 15 is 0 Å². The predicted molar refractivity (Wildman–Crippen MR) is 95.3 cm³/mol. The number of aryl methyl sites for hydroxylation is 1. The van der Waals surface area contributed by atoms with Crippen molar-refractivity contribution in [3.05, 3.63) is 35.4 Å². The zero-order valence-electron chi connectivity index (χ0n) is 14.6. The summed E-state index contributed by atoms with van der Waals surface area (Å²) in [6, 6.07) is 7.45. The van der Waals surface area contributed by atoms with E-state index in [0.717, 1.165) is 12.2 Å². The summed E-state index contributed by atoms with van der Waals surface area (Å²) in [5.41, 5.74) is 1.66. The Labute approximate surface area is 149 Å². The van der Waals surface area contributed by atoms with Gasteiger partial charge in [-0.05, 0) is 44.2 Å². The highest BCUT2D eigenvalue weighted by molar-refractivity contribution is 7.93. The van der Waals surface area contributed by atoms with Crippen molar-refractivity contribution in [2.75, 3.05) is 32.1 Å². The van der Waals surface area contributed by atoms with Crippen LogP contribution in [0.5, 0.6) is 0 Å². The number of nitrogens with zero attached hydrogens (tertiary/aromatic N) is 1. The molecule has 0 N–H and O–H groups in total. The number of carbonyl (C=O) groups excluding carboxylic acids is 1. The number of ether oxygens (including phenoxy) is 1. The van der Waals surface area contributed by atoms with E-state index in [4.69, 9.17) is 4.74 Å². The maximum Gasteiger partial charge on any atom is 0.253 e. The van der Waals surface area contributed by atoms with Crippen LogP contribution in [-0.2, 0) is 14.6 Å². The zero-order chi connectivity index (χ0) is 17.7. The SMILES string of the molecule is Cc1cccc(C(=O)N2CC3(C2)[C@H](COCC2CC2)CCS3(=O)=O)c1. The molecular formula is C19H25NO4S. The van der Waals surface area contributed by atoms with Crippen LogP contribution in [0.15, 0.2) is 24.3 Å². The Bertz CT molecular complexity index is 778. The second-order valence-electron chi connectivity index (χ2n) is 7.88. The number of rotatable bonds is 5. The number of likely N-dealkylation sites (tertiary alicyclic amines) is 1. The molecule has 1 amide bonds. The minimum atomic E-state index is -3.16. The summed E-state index contributed by atoms with van der Waals surface area (Å²) in [4.78, 5) is 14.3. The summed E-state index contributed by atoms with van der Waals surface area (Å²) in [5, 5.41) is 0. The first-order valence-corrected chi connectivity index (χ1v) is 10.7. The summed E-state index contributed by atoms with van der Waals surface area (Å²) in [6.45, 7) is 3.81. The van der Waals surface area contributed by atoms with E-state index in [1.165, 1.54) is 12.8 Å². The van der Waals surface area contributed by atoms with Crippen LogP contribution in [0.1, 0.15) is 35.2 Å². The van der Waals surface area contributed by atoms with Gasteiger partial charge < -0.3 is 9.64 Å². The molecule has 2 aliphatic heterocycles. The highest BCUT2D eigenvalue weighted by Gasteiger charge is 2.62.